The first-order chi connectivity index (χ1) is 9.81. The molecule has 0 saturated heterocycles. The maximum Gasteiger partial charge on any atom is 0.248 e. The molecule has 0 aliphatic rings. The maximum atomic E-state index is 12.3. The van der Waals surface area contributed by atoms with Crippen molar-refractivity contribution in [2.75, 3.05) is 5.73 Å². The number of nitrogen functional groups attached to an aromatic ring is 1. The Morgan fingerprint density at radius 3 is 2.67 bits per heavy atom. The molecular weight excluding hydrogens is 294 g/mol. The molecule has 9 heteroatoms. The number of aromatic amines is 1. The molecule has 0 bridgehead atoms. The second-order valence-corrected chi connectivity index (χ2v) is 6.17. The van der Waals surface area contributed by atoms with Crippen molar-refractivity contribution in [3.05, 3.63) is 41.7 Å². The number of nitrogens with one attached hydrogen (secondary N) is 2. The van der Waals surface area contributed by atoms with Crippen molar-refractivity contribution in [2.45, 2.75) is 17.9 Å². The highest BCUT2D eigenvalue weighted by Crippen LogP contribution is 2.22. The van der Waals surface area contributed by atoms with Crippen LogP contribution in [0.25, 0.3) is 0 Å². The third-order valence-electron chi connectivity index (χ3n) is 2.94. The van der Waals surface area contributed by atoms with Crippen molar-refractivity contribution < 1.29 is 13.2 Å². The lowest BCUT2D eigenvalue weighted by atomic mass is 10.2. The fourth-order valence-corrected chi connectivity index (χ4v) is 3.15. The molecular formula is C12H15N5O3S. The molecule has 1 aromatic heterocycles. The van der Waals surface area contributed by atoms with Gasteiger partial charge in [-0.05, 0) is 25.1 Å². The molecule has 0 aliphatic carbocycles. The van der Waals surface area contributed by atoms with Crippen molar-refractivity contribution >= 4 is 21.6 Å². The number of nitrogens with two attached hydrogens (primary N) is 2. The normalized spacial score (nSPS) is 13.0. The van der Waals surface area contributed by atoms with Gasteiger partial charge in [-0.1, -0.05) is 0 Å². The van der Waals surface area contributed by atoms with E-state index in [0.717, 1.165) is 0 Å². The third kappa shape index (κ3) is 3.20. The second-order valence-electron chi connectivity index (χ2n) is 4.49. The fraction of sp³-hybridized carbons (Fsp3) is 0.167. The van der Waals surface area contributed by atoms with E-state index in [1.165, 1.54) is 24.4 Å². The smallest absolute Gasteiger partial charge is 0.248 e. The molecule has 0 aliphatic heterocycles. The number of benzene rings is 1. The van der Waals surface area contributed by atoms with E-state index >= 15 is 0 Å². The topological polar surface area (TPSA) is 144 Å². The fourth-order valence-electron chi connectivity index (χ4n) is 1.81. The molecule has 2 rings (SSSR count). The van der Waals surface area contributed by atoms with Crippen LogP contribution in [-0.2, 0) is 10.0 Å². The number of sulfonamides is 1. The van der Waals surface area contributed by atoms with Gasteiger partial charge < -0.3 is 11.5 Å². The van der Waals surface area contributed by atoms with E-state index in [9.17, 15) is 13.2 Å². The van der Waals surface area contributed by atoms with Crippen molar-refractivity contribution in [3.8, 4) is 0 Å². The van der Waals surface area contributed by atoms with E-state index in [2.05, 4.69) is 14.9 Å². The van der Waals surface area contributed by atoms with E-state index in [0.29, 0.717) is 5.56 Å². The molecule has 2 aromatic rings. The Labute approximate surface area is 121 Å². The van der Waals surface area contributed by atoms with E-state index < -0.39 is 22.0 Å². The van der Waals surface area contributed by atoms with Crippen molar-refractivity contribution in [1.82, 2.24) is 14.9 Å². The summed E-state index contributed by atoms with van der Waals surface area (Å²) < 4.78 is 27.1. The molecule has 0 saturated carbocycles. The standard InChI is InChI=1S/C12H15N5O3S/c1-7(9-5-15-16-6-9)17-21(19,20)11-3-2-8(12(14)18)4-10(11)13/h2-7,17H,13H2,1H3,(H2,14,18)(H,15,16). The quantitative estimate of drug-likeness (QED) is 0.580. The zero-order valence-electron chi connectivity index (χ0n) is 11.2. The van der Waals surface area contributed by atoms with E-state index in [4.69, 9.17) is 11.5 Å². The van der Waals surface area contributed by atoms with Crippen molar-refractivity contribution in [3.63, 3.8) is 0 Å². The first kappa shape index (κ1) is 15.0. The molecule has 8 nitrogen and oxygen atoms in total. The first-order valence-electron chi connectivity index (χ1n) is 6.01. The van der Waals surface area contributed by atoms with Crippen LogP contribution in [0.5, 0.6) is 0 Å². The van der Waals surface area contributed by atoms with Gasteiger partial charge in [0.25, 0.3) is 0 Å². The third-order valence-corrected chi connectivity index (χ3v) is 4.55. The summed E-state index contributed by atoms with van der Waals surface area (Å²) >= 11 is 0. The highest BCUT2D eigenvalue weighted by Gasteiger charge is 2.21. The number of amides is 1. The summed E-state index contributed by atoms with van der Waals surface area (Å²) in [6.45, 7) is 1.68. The largest absolute Gasteiger partial charge is 0.398 e. The monoisotopic (exact) mass is 309 g/mol. The van der Waals surface area contributed by atoms with Gasteiger partial charge in [0.1, 0.15) is 4.90 Å². The molecule has 1 atom stereocenters. The van der Waals surface area contributed by atoms with Crippen LogP contribution >= 0.6 is 0 Å². The summed E-state index contributed by atoms with van der Waals surface area (Å²) in [5.41, 5.74) is 11.6. The number of H-pyrrole nitrogens is 1. The number of aromatic nitrogens is 2. The molecule has 21 heavy (non-hydrogen) atoms. The van der Waals surface area contributed by atoms with Gasteiger partial charge in [-0.2, -0.15) is 5.10 Å². The Kier molecular flexibility index (Phi) is 3.96. The number of anilines is 1. The molecule has 6 N–H and O–H groups in total. The summed E-state index contributed by atoms with van der Waals surface area (Å²) in [7, 11) is -3.83. The van der Waals surface area contributed by atoms with Crippen LogP contribution in [0.3, 0.4) is 0 Å². The number of hydrogen-bond acceptors (Lipinski definition) is 5. The average molecular weight is 309 g/mol. The van der Waals surface area contributed by atoms with Crippen LogP contribution in [0.1, 0.15) is 28.9 Å². The van der Waals surface area contributed by atoms with E-state index in [-0.39, 0.29) is 16.1 Å². The predicted octanol–water partition coefficient (Wildman–Crippen LogP) is 0.130. The van der Waals surface area contributed by atoms with Crippen molar-refractivity contribution in [1.29, 1.82) is 0 Å². The van der Waals surface area contributed by atoms with Gasteiger partial charge in [-0.3, -0.25) is 9.89 Å². The van der Waals surface area contributed by atoms with Gasteiger partial charge in [-0.15, -0.1) is 0 Å². The van der Waals surface area contributed by atoms with Gasteiger partial charge in [0.2, 0.25) is 15.9 Å². The van der Waals surface area contributed by atoms with Crippen LogP contribution in [-0.4, -0.2) is 24.5 Å². The van der Waals surface area contributed by atoms with Crippen LogP contribution in [0.15, 0.2) is 35.5 Å². The summed E-state index contributed by atoms with van der Waals surface area (Å²) in [4.78, 5) is 10.9. The minimum absolute atomic E-state index is 0.0433. The van der Waals surface area contributed by atoms with Gasteiger partial charge in [0.15, 0.2) is 0 Å². The number of carbonyl (C=O) groups is 1. The molecule has 1 unspecified atom stereocenters. The highest BCUT2D eigenvalue weighted by atomic mass is 32.2. The number of carbonyl (C=O) groups excluding carboxylic acids is 1. The number of rotatable bonds is 5. The zero-order chi connectivity index (χ0) is 15.6. The van der Waals surface area contributed by atoms with Crippen LogP contribution in [0, 0.1) is 0 Å². The molecule has 0 fully saturated rings. The number of hydrogen-bond donors (Lipinski definition) is 4. The molecule has 0 spiro atoms. The van der Waals surface area contributed by atoms with Crippen LogP contribution in [0.4, 0.5) is 5.69 Å². The summed E-state index contributed by atoms with van der Waals surface area (Å²) in [5.74, 6) is -0.676. The molecule has 1 aromatic carbocycles. The maximum absolute atomic E-state index is 12.3. The minimum Gasteiger partial charge on any atom is -0.398 e. The second kappa shape index (κ2) is 5.54. The Morgan fingerprint density at radius 1 is 1.43 bits per heavy atom. The van der Waals surface area contributed by atoms with Crippen LogP contribution < -0.4 is 16.2 Å². The van der Waals surface area contributed by atoms with E-state index in [1.807, 2.05) is 0 Å². The lowest BCUT2D eigenvalue weighted by Crippen LogP contribution is -2.27. The highest BCUT2D eigenvalue weighted by molar-refractivity contribution is 7.89. The zero-order valence-corrected chi connectivity index (χ0v) is 12.0. The number of primary amides is 1. The summed E-state index contributed by atoms with van der Waals surface area (Å²) in [5, 5.41) is 6.37. The van der Waals surface area contributed by atoms with Gasteiger partial charge >= 0.3 is 0 Å². The molecule has 112 valence electrons. The van der Waals surface area contributed by atoms with Crippen LogP contribution in [0.2, 0.25) is 0 Å². The van der Waals surface area contributed by atoms with Crippen molar-refractivity contribution in [2.24, 2.45) is 5.73 Å². The first-order valence-corrected chi connectivity index (χ1v) is 7.50. The van der Waals surface area contributed by atoms with E-state index in [1.54, 1.807) is 13.1 Å². The van der Waals surface area contributed by atoms with Gasteiger partial charge in [0, 0.05) is 23.4 Å². The Bertz CT molecular complexity index is 755. The Morgan fingerprint density at radius 2 is 2.14 bits per heavy atom. The lowest BCUT2D eigenvalue weighted by molar-refractivity contribution is 0.1000. The average Bonchev–Trinajstić information content (AvgIpc) is 2.91. The van der Waals surface area contributed by atoms with Gasteiger partial charge in [0.05, 0.1) is 11.9 Å². The Balaban J connectivity index is 2.29. The lowest BCUT2D eigenvalue weighted by Gasteiger charge is -2.14. The predicted molar refractivity (Wildman–Crippen MR) is 76.7 cm³/mol. The SMILES string of the molecule is CC(NS(=O)(=O)c1ccc(C(N)=O)cc1N)c1cn[nH]c1. The summed E-state index contributed by atoms with van der Waals surface area (Å²) in [6.07, 6.45) is 3.11. The molecule has 1 heterocycles. The summed E-state index contributed by atoms with van der Waals surface area (Å²) in [6, 6.07) is 3.32. The number of nitrogens with zero attached hydrogens (tertiary/aromatic N) is 1. The minimum atomic E-state index is -3.83. The molecule has 0 radical (unpaired) electrons. The Hall–Kier alpha value is -2.39. The molecule has 1 amide bonds. The van der Waals surface area contributed by atoms with Gasteiger partial charge in [-0.25, -0.2) is 13.1 Å².